The number of methoxy groups -OCH3 is 1. The molecule has 2 heterocycles. The van der Waals surface area contributed by atoms with Crippen molar-refractivity contribution in [1.29, 1.82) is 5.26 Å². The molecule has 6 heteroatoms. The van der Waals surface area contributed by atoms with Crippen molar-refractivity contribution in [3.63, 3.8) is 0 Å². The molecule has 0 saturated carbocycles. The van der Waals surface area contributed by atoms with Crippen molar-refractivity contribution in [1.82, 2.24) is 10.2 Å². The average Bonchev–Trinajstić information content (AvgIpc) is 3.16. The number of nitrogens with zero attached hydrogens (tertiary/aromatic N) is 2. The fourth-order valence-corrected chi connectivity index (χ4v) is 3.63. The van der Waals surface area contributed by atoms with Crippen LogP contribution < -0.4 is 15.2 Å². The third kappa shape index (κ3) is 3.21. The molecular formula is C23H22N4O2. The van der Waals surface area contributed by atoms with Gasteiger partial charge < -0.3 is 15.2 Å². The Bertz CT molecular complexity index is 1100. The van der Waals surface area contributed by atoms with E-state index in [9.17, 15) is 5.26 Å². The Morgan fingerprint density at radius 2 is 1.83 bits per heavy atom. The fraction of sp³-hybridized carbons (Fsp3) is 0.217. The first-order valence-electron chi connectivity index (χ1n) is 9.43. The second-order valence-corrected chi connectivity index (χ2v) is 7.29. The molecule has 0 amide bonds. The Labute approximate surface area is 169 Å². The lowest BCUT2D eigenvalue weighted by Crippen LogP contribution is -2.21. The maximum atomic E-state index is 9.81. The minimum Gasteiger partial charge on any atom is -0.497 e. The Hall–Kier alpha value is -3.72. The molecule has 0 unspecified atom stereocenters. The summed E-state index contributed by atoms with van der Waals surface area (Å²) in [4.78, 5) is 0. The number of hydrogen-bond acceptors (Lipinski definition) is 5. The van der Waals surface area contributed by atoms with Crippen LogP contribution in [0.3, 0.4) is 0 Å². The average molecular weight is 386 g/mol. The predicted molar refractivity (Wildman–Crippen MR) is 110 cm³/mol. The molecule has 0 spiro atoms. The van der Waals surface area contributed by atoms with E-state index in [1.165, 1.54) is 5.56 Å². The van der Waals surface area contributed by atoms with Crippen molar-refractivity contribution in [2.75, 3.05) is 7.11 Å². The second kappa shape index (κ2) is 7.36. The summed E-state index contributed by atoms with van der Waals surface area (Å²) in [6.07, 6.45) is 0. The van der Waals surface area contributed by atoms with Crippen LogP contribution in [-0.2, 0) is 0 Å². The summed E-state index contributed by atoms with van der Waals surface area (Å²) in [5.74, 6) is 1.31. The van der Waals surface area contributed by atoms with Gasteiger partial charge in [-0.2, -0.15) is 5.26 Å². The maximum absolute atomic E-state index is 9.81. The van der Waals surface area contributed by atoms with Gasteiger partial charge in [-0.3, -0.25) is 5.10 Å². The van der Waals surface area contributed by atoms with E-state index >= 15 is 0 Å². The Morgan fingerprint density at radius 1 is 1.14 bits per heavy atom. The van der Waals surface area contributed by atoms with E-state index in [0.29, 0.717) is 17.4 Å². The zero-order valence-corrected chi connectivity index (χ0v) is 16.6. The number of aromatic amines is 1. The fourth-order valence-electron chi connectivity index (χ4n) is 3.63. The molecule has 3 aromatic rings. The molecule has 29 heavy (non-hydrogen) atoms. The van der Waals surface area contributed by atoms with Gasteiger partial charge in [0.25, 0.3) is 0 Å². The van der Waals surface area contributed by atoms with E-state index in [-0.39, 0.29) is 11.8 Å². The van der Waals surface area contributed by atoms with Crippen molar-refractivity contribution in [2.24, 2.45) is 5.73 Å². The summed E-state index contributed by atoms with van der Waals surface area (Å²) in [5.41, 5.74) is 11.2. The zero-order valence-electron chi connectivity index (χ0n) is 16.6. The zero-order chi connectivity index (χ0) is 20.5. The monoisotopic (exact) mass is 386 g/mol. The predicted octanol–water partition coefficient (Wildman–Crippen LogP) is 4.43. The molecule has 2 aromatic carbocycles. The second-order valence-electron chi connectivity index (χ2n) is 7.29. The molecule has 146 valence electrons. The number of H-pyrrole nitrogens is 1. The number of fused-ring (bicyclic) bond motifs is 1. The quantitative estimate of drug-likeness (QED) is 0.691. The summed E-state index contributed by atoms with van der Waals surface area (Å²) in [6.45, 7) is 4.30. The first-order chi connectivity index (χ1) is 14.0. The van der Waals surface area contributed by atoms with Crippen molar-refractivity contribution >= 4 is 0 Å². The van der Waals surface area contributed by atoms with Crippen LogP contribution in [-0.4, -0.2) is 17.3 Å². The number of benzene rings is 2. The molecule has 6 nitrogen and oxygen atoms in total. The molecule has 1 aliphatic rings. The standard InChI is InChI=1S/C23H22N4O2/c1-13(2)14-4-6-15(7-5-14)19-18(12-24)22(25)29-23-20(19)21(26-27-23)16-8-10-17(28-3)11-9-16/h4-11,13,19H,25H2,1-3H3,(H,26,27)/t19-/m0/s1. The van der Waals surface area contributed by atoms with Gasteiger partial charge in [-0.1, -0.05) is 38.1 Å². The van der Waals surface area contributed by atoms with Crippen LogP contribution in [0.25, 0.3) is 11.3 Å². The highest BCUT2D eigenvalue weighted by molar-refractivity contribution is 5.71. The lowest BCUT2D eigenvalue weighted by atomic mass is 9.82. The summed E-state index contributed by atoms with van der Waals surface area (Å²) in [7, 11) is 1.63. The number of nitriles is 1. The molecule has 0 aliphatic carbocycles. The van der Waals surface area contributed by atoms with Crippen LogP contribution in [0, 0.1) is 11.3 Å². The van der Waals surface area contributed by atoms with E-state index in [0.717, 1.165) is 28.1 Å². The van der Waals surface area contributed by atoms with E-state index in [2.05, 4.69) is 42.2 Å². The smallest absolute Gasteiger partial charge is 0.244 e. The molecular weight excluding hydrogens is 364 g/mol. The van der Waals surface area contributed by atoms with E-state index < -0.39 is 0 Å². The van der Waals surface area contributed by atoms with Crippen LogP contribution >= 0.6 is 0 Å². The summed E-state index contributed by atoms with van der Waals surface area (Å²) < 4.78 is 10.9. The van der Waals surface area contributed by atoms with Gasteiger partial charge in [-0.15, -0.1) is 5.10 Å². The Balaban J connectivity index is 1.86. The number of rotatable bonds is 4. The van der Waals surface area contributed by atoms with Crippen molar-refractivity contribution in [2.45, 2.75) is 25.7 Å². The number of nitrogens with one attached hydrogen (secondary N) is 1. The molecule has 1 atom stereocenters. The van der Waals surface area contributed by atoms with Crippen molar-refractivity contribution in [3.8, 4) is 29.0 Å². The molecule has 3 N–H and O–H groups in total. The van der Waals surface area contributed by atoms with Gasteiger partial charge in [-0.25, -0.2) is 0 Å². The van der Waals surface area contributed by atoms with Crippen LogP contribution in [0.2, 0.25) is 0 Å². The maximum Gasteiger partial charge on any atom is 0.244 e. The lowest BCUT2D eigenvalue weighted by molar-refractivity contribution is 0.379. The van der Waals surface area contributed by atoms with Gasteiger partial charge >= 0.3 is 0 Å². The summed E-state index contributed by atoms with van der Waals surface area (Å²) in [5, 5.41) is 17.2. The highest BCUT2D eigenvalue weighted by Gasteiger charge is 2.35. The molecule has 0 saturated heterocycles. The van der Waals surface area contributed by atoms with Gasteiger partial charge in [0.2, 0.25) is 11.8 Å². The van der Waals surface area contributed by atoms with Crippen molar-refractivity contribution in [3.05, 3.63) is 76.7 Å². The SMILES string of the molecule is COc1ccc(-c2[nH]nc3c2[C@@H](c2ccc(C(C)C)cc2)C(C#N)=C(N)O3)cc1. The largest absolute Gasteiger partial charge is 0.497 e. The normalized spacial score (nSPS) is 15.6. The van der Waals surface area contributed by atoms with E-state index in [4.69, 9.17) is 15.2 Å². The van der Waals surface area contributed by atoms with Crippen LogP contribution in [0.5, 0.6) is 11.6 Å². The van der Waals surface area contributed by atoms with E-state index in [1.807, 2.05) is 36.4 Å². The van der Waals surface area contributed by atoms with Crippen LogP contribution in [0.15, 0.2) is 60.0 Å². The molecule has 1 aromatic heterocycles. The van der Waals surface area contributed by atoms with Gasteiger partial charge in [0.05, 0.1) is 24.3 Å². The van der Waals surface area contributed by atoms with Crippen LogP contribution in [0.1, 0.15) is 42.4 Å². The topological polar surface area (TPSA) is 97.0 Å². The van der Waals surface area contributed by atoms with Gasteiger partial charge in [-0.05, 0) is 41.3 Å². The highest BCUT2D eigenvalue weighted by atomic mass is 16.5. The number of hydrogen-bond donors (Lipinski definition) is 2. The lowest BCUT2D eigenvalue weighted by Gasteiger charge is -2.24. The molecule has 1 aliphatic heterocycles. The third-order valence-corrected chi connectivity index (χ3v) is 5.25. The highest BCUT2D eigenvalue weighted by Crippen LogP contribution is 2.45. The first kappa shape index (κ1) is 18.6. The Morgan fingerprint density at radius 3 is 2.41 bits per heavy atom. The number of ether oxygens (including phenoxy) is 2. The van der Waals surface area contributed by atoms with Gasteiger partial charge in [0.15, 0.2) is 0 Å². The summed E-state index contributed by atoms with van der Waals surface area (Å²) >= 11 is 0. The van der Waals surface area contributed by atoms with Gasteiger partial charge in [0, 0.05) is 5.56 Å². The molecule has 4 rings (SSSR count). The molecule has 0 radical (unpaired) electrons. The first-order valence-corrected chi connectivity index (χ1v) is 9.43. The molecule has 0 bridgehead atoms. The minimum absolute atomic E-state index is 0.0886. The number of aromatic nitrogens is 2. The van der Waals surface area contributed by atoms with Crippen molar-refractivity contribution < 1.29 is 9.47 Å². The van der Waals surface area contributed by atoms with Gasteiger partial charge in [0.1, 0.15) is 17.4 Å². The number of allylic oxidation sites excluding steroid dienone is 1. The summed E-state index contributed by atoms with van der Waals surface area (Å²) in [6, 6.07) is 18.2. The molecule has 0 fully saturated rings. The van der Waals surface area contributed by atoms with E-state index in [1.54, 1.807) is 7.11 Å². The van der Waals surface area contributed by atoms with Crippen LogP contribution in [0.4, 0.5) is 0 Å². The third-order valence-electron chi connectivity index (χ3n) is 5.25. The number of nitrogens with two attached hydrogens (primary N) is 1. The minimum atomic E-state index is -0.360. The Kier molecular flexibility index (Phi) is 4.73.